The SMILES string of the molecule is CCCC1CNC(C)CN1CC(C)OC. The molecule has 90 valence electrons. The van der Waals surface area contributed by atoms with Crippen LogP contribution >= 0.6 is 0 Å². The molecule has 3 heteroatoms. The maximum atomic E-state index is 5.35. The first-order valence-corrected chi connectivity index (χ1v) is 6.17. The van der Waals surface area contributed by atoms with E-state index in [1.165, 1.54) is 12.8 Å². The molecule has 0 aliphatic carbocycles. The van der Waals surface area contributed by atoms with Crippen LogP contribution in [0.3, 0.4) is 0 Å². The summed E-state index contributed by atoms with van der Waals surface area (Å²) < 4.78 is 5.35. The van der Waals surface area contributed by atoms with E-state index in [4.69, 9.17) is 4.74 Å². The van der Waals surface area contributed by atoms with E-state index in [1.807, 2.05) is 0 Å². The van der Waals surface area contributed by atoms with Crippen LogP contribution in [0.25, 0.3) is 0 Å². The van der Waals surface area contributed by atoms with Crippen molar-refractivity contribution in [1.82, 2.24) is 10.2 Å². The summed E-state index contributed by atoms with van der Waals surface area (Å²) in [4.78, 5) is 2.58. The minimum absolute atomic E-state index is 0.342. The third-order valence-corrected chi connectivity index (χ3v) is 3.24. The Morgan fingerprint density at radius 3 is 2.87 bits per heavy atom. The maximum absolute atomic E-state index is 5.35. The zero-order chi connectivity index (χ0) is 11.3. The Kier molecular flexibility index (Phi) is 5.58. The second-order valence-electron chi connectivity index (χ2n) is 4.75. The average molecular weight is 214 g/mol. The molecule has 1 aliphatic rings. The molecular weight excluding hydrogens is 188 g/mol. The Balaban J connectivity index is 2.45. The standard InChI is InChI=1S/C12H26N2O/c1-5-6-12-7-13-10(2)8-14(12)9-11(3)15-4/h10-13H,5-9H2,1-4H3. The van der Waals surface area contributed by atoms with Gasteiger partial charge in [0.05, 0.1) is 6.10 Å². The van der Waals surface area contributed by atoms with E-state index in [0.29, 0.717) is 18.2 Å². The fraction of sp³-hybridized carbons (Fsp3) is 1.00. The Morgan fingerprint density at radius 1 is 1.53 bits per heavy atom. The topological polar surface area (TPSA) is 24.5 Å². The van der Waals surface area contributed by atoms with Gasteiger partial charge in [-0.15, -0.1) is 0 Å². The highest BCUT2D eigenvalue weighted by Gasteiger charge is 2.25. The summed E-state index contributed by atoms with van der Waals surface area (Å²) >= 11 is 0. The molecule has 3 atom stereocenters. The van der Waals surface area contributed by atoms with Gasteiger partial charge >= 0.3 is 0 Å². The molecule has 15 heavy (non-hydrogen) atoms. The first-order valence-electron chi connectivity index (χ1n) is 6.17. The quantitative estimate of drug-likeness (QED) is 0.750. The highest BCUT2D eigenvalue weighted by atomic mass is 16.5. The highest BCUT2D eigenvalue weighted by Crippen LogP contribution is 2.13. The summed E-state index contributed by atoms with van der Waals surface area (Å²) in [6.07, 6.45) is 2.89. The molecule has 0 aromatic heterocycles. The molecule has 0 aromatic rings. The van der Waals surface area contributed by atoms with Crippen LogP contribution in [0.2, 0.25) is 0 Å². The summed E-state index contributed by atoms with van der Waals surface area (Å²) in [5, 5.41) is 3.56. The van der Waals surface area contributed by atoms with Crippen molar-refractivity contribution in [2.45, 2.75) is 51.8 Å². The summed E-state index contributed by atoms with van der Waals surface area (Å²) in [6, 6.07) is 1.31. The molecule has 0 spiro atoms. The lowest BCUT2D eigenvalue weighted by Crippen LogP contribution is -2.56. The van der Waals surface area contributed by atoms with Gasteiger partial charge in [-0.25, -0.2) is 0 Å². The van der Waals surface area contributed by atoms with E-state index in [1.54, 1.807) is 7.11 Å². The van der Waals surface area contributed by atoms with Gasteiger partial charge in [0.1, 0.15) is 0 Å². The number of nitrogens with one attached hydrogen (secondary N) is 1. The minimum Gasteiger partial charge on any atom is -0.380 e. The lowest BCUT2D eigenvalue weighted by Gasteiger charge is -2.40. The van der Waals surface area contributed by atoms with E-state index in [0.717, 1.165) is 19.6 Å². The Morgan fingerprint density at radius 2 is 2.27 bits per heavy atom. The first kappa shape index (κ1) is 12.9. The molecule has 1 N–H and O–H groups in total. The van der Waals surface area contributed by atoms with Crippen LogP contribution in [-0.4, -0.2) is 49.8 Å². The van der Waals surface area contributed by atoms with Crippen LogP contribution in [0.4, 0.5) is 0 Å². The van der Waals surface area contributed by atoms with E-state index in [9.17, 15) is 0 Å². The number of methoxy groups -OCH3 is 1. The van der Waals surface area contributed by atoms with Crippen molar-refractivity contribution in [2.75, 3.05) is 26.7 Å². The molecule has 0 saturated carbocycles. The Hall–Kier alpha value is -0.120. The van der Waals surface area contributed by atoms with Gasteiger partial charge in [-0.05, 0) is 20.3 Å². The molecule has 0 aromatic carbocycles. The monoisotopic (exact) mass is 214 g/mol. The smallest absolute Gasteiger partial charge is 0.0670 e. The zero-order valence-electron chi connectivity index (χ0n) is 10.6. The second-order valence-corrected chi connectivity index (χ2v) is 4.75. The molecule has 3 unspecified atom stereocenters. The fourth-order valence-corrected chi connectivity index (χ4v) is 2.28. The van der Waals surface area contributed by atoms with Crippen molar-refractivity contribution in [1.29, 1.82) is 0 Å². The second kappa shape index (κ2) is 6.46. The molecule has 1 heterocycles. The largest absolute Gasteiger partial charge is 0.380 e. The van der Waals surface area contributed by atoms with Crippen LogP contribution in [0.15, 0.2) is 0 Å². The number of piperazine rings is 1. The van der Waals surface area contributed by atoms with Crippen LogP contribution in [0.1, 0.15) is 33.6 Å². The van der Waals surface area contributed by atoms with Crippen LogP contribution < -0.4 is 5.32 Å². The number of nitrogens with zero attached hydrogens (tertiary/aromatic N) is 1. The summed E-state index contributed by atoms with van der Waals surface area (Å²) in [6.45, 7) is 10.0. The zero-order valence-corrected chi connectivity index (χ0v) is 10.6. The summed E-state index contributed by atoms with van der Waals surface area (Å²) in [5.74, 6) is 0. The Bertz CT molecular complexity index is 175. The minimum atomic E-state index is 0.342. The predicted molar refractivity (Wildman–Crippen MR) is 64.2 cm³/mol. The van der Waals surface area contributed by atoms with Gasteiger partial charge < -0.3 is 10.1 Å². The lowest BCUT2D eigenvalue weighted by molar-refractivity contribution is 0.0404. The van der Waals surface area contributed by atoms with Crippen molar-refractivity contribution in [3.05, 3.63) is 0 Å². The van der Waals surface area contributed by atoms with E-state index in [2.05, 4.69) is 31.0 Å². The van der Waals surface area contributed by atoms with Crippen molar-refractivity contribution in [3.8, 4) is 0 Å². The number of hydrogen-bond donors (Lipinski definition) is 1. The molecule has 1 fully saturated rings. The maximum Gasteiger partial charge on any atom is 0.0670 e. The van der Waals surface area contributed by atoms with Gasteiger partial charge in [-0.2, -0.15) is 0 Å². The van der Waals surface area contributed by atoms with Crippen LogP contribution in [0.5, 0.6) is 0 Å². The van der Waals surface area contributed by atoms with Crippen LogP contribution in [0, 0.1) is 0 Å². The van der Waals surface area contributed by atoms with E-state index < -0.39 is 0 Å². The summed E-state index contributed by atoms with van der Waals surface area (Å²) in [5.41, 5.74) is 0. The Labute approximate surface area is 94.2 Å². The molecule has 0 amide bonds. The van der Waals surface area contributed by atoms with Gasteiger partial charge in [0.25, 0.3) is 0 Å². The van der Waals surface area contributed by atoms with Gasteiger partial charge in [0, 0.05) is 38.8 Å². The molecule has 1 saturated heterocycles. The van der Waals surface area contributed by atoms with Crippen molar-refractivity contribution in [3.63, 3.8) is 0 Å². The molecule has 0 bridgehead atoms. The molecular formula is C12H26N2O. The third kappa shape index (κ3) is 4.09. The van der Waals surface area contributed by atoms with E-state index >= 15 is 0 Å². The van der Waals surface area contributed by atoms with Crippen LogP contribution in [-0.2, 0) is 4.74 Å². The third-order valence-electron chi connectivity index (χ3n) is 3.24. The molecule has 1 rings (SSSR count). The van der Waals surface area contributed by atoms with Gasteiger partial charge in [0.15, 0.2) is 0 Å². The number of hydrogen-bond acceptors (Lipinski definition) is 3. The number of rotatable bonds is 5. The predicted octanol–water partition coefficient (Wildman–Crippen LogP) is 1.48. The van der Waals surface area contributed by atoms with Crippen molar-refractivity contribution < 1.29 is 4.74 Å². The summed E-state index contributed by atoms with van der Waals surface area (Å²) in [7, 11) is 1.80. The molecule has 1 aliphatic heterocycles. The van der Waals surface area contributed by atoms with Gasteiger partial charge in [-0.3, -0.25) is 4.90 Å². The molecule has 0 radical (unpaired) electrons. The van der Waals surface area contributed by atoms with Gasteiger partial charge in [-0.1, -0.05) is 13.3 Å². The normalized spacial score (nSPS) is 30.4. The highest BCUT2D eigenvalue weighted by molar-refractivity contribution is 4.84. The lowest BCUT2D eigenvalue weighted by atomic mass is 10.0. The van der Waals surface area contributed by atoms with E-state index in [-0.39, 0.29) is 0 Å². The van der Waals surface area contributed by atoms with Crippen molar-refractivity contribution in [2.24, 2.45) is 0 Å². The number of ether oxygens (including phenoxy) is 1. The van der Waals surface area contributed by atoms with Crippen molar-refractivity contribution >= 4 is 0 Å². The van der Waals surface area contributed by atoms with Gasteiger partial charge in [0.2, 0.25) is 0 Å². The molecule has 3 nitrogen and oxygen atoms in total. The first-order chi connectivity index (χ1) is 7.17. The fourth-order valence-electron chi connectivity index (χ4n) is 2.28. The average Bonchev–Trinajstić information content (AvgIpc) is 2.22.